The summed E-state index contributed by atoms with van der Waals surface area (Å²) in [6.45, 7) is 15.8. The highest BCUT2D eigenvalue weighted by Crippen LogP contribution is 2.11. The first-order chi connectivity index (χ1) is 8.04. The molecule has 0 radical (unpaired) electrons. The van der Waals surface area contributed by atoms with Crippen molar-refractivity contribution in [2.24, 2.45) is 5.41 Å². The molecule has 0 spiro atoms. The van der Waals surface area contributed by atoms with Gasteiger partial charge in [0, 0.05) is 17.5 Å². The molecule has 0 rings (SSSR count). The second kappa shape index (κ2) is 6.68. The van der Waals surface area contributed by atoms with Gasteiger partial charge in [0.25, 0.3) is 0 Å². The monoisotopic (exact) mass is 253 g/mol. The van der Waals surface area contributed by atoms with E-state index in [1.54, 1.807) is 11.8 Å². The molecule has 3 nitrogen and oxygen atoms in total. The zero-order valence-corrected chi connectivity index (χ0v) is 13.0. The van der Waals surface area contributed by atoms with E-state index in [4.69, 9.17) is 4.74 Å². The summed E-state index contributed by atoms with van der Waals surface area (Å²) in [5.74, 6) is 6.05. The van der Waals surface area contributed by atoms with Gasteiger partial charge in [-0.15, -0.1) is 0 Å². The van der Waals surface area contributed by atoms with Gasteiger partial charge < -0.3 is 9.64 Å². The van der Waals surface area contributed by atoms with Crippen LogP contribution in [-0.4, -0.2) is 29.2 Å². The fraction of sp³-hybridized carbons (Fsp3) is 0.800. The molecule has 0 bridgehead atoms. The summed E-state index contributed by atoms with van der Waals surface area (Å²) in [5, 5.41) is 0. The van der Waals surface area contributed by atoms with Gasteiger partial charge in [-0.1, -0.05) is 11.8 Å². The highest BCUT2D eigenvalue weighted by Gasteiger charge is 2.22. The van der Waals surface area contributed by atoms with Crippen LogP contribution < -0.4 is 0 Å². The van der Waals surface area contributed by atoms with E-state index >= 15 is 0 Å². The van der Waals surface area contributed by atoms with Crippen molar-refractivity contribution in [3.05, 3.63) is 0 Å². The molecule has 1 atom stereocenters. The molecule has 0 heterocycles. The molecule has 104 valence electrons. The van der Waals surface area contributed by atoms with Crippen molar-refractivity contribution in [3.8, 4) is 11.8 Å². The third-order valence-corrected chi connectivity index (χ3v) is 2.25. The Morgan fingerprint density at radius 3 is 1.83 bits per heavy atom. The predicted octanol–water partition coefficient (Wildman–Crippen LogP) is 3.68. The zero-order valence-electron chi connectivity index (χ0n) is 13.0. The van der Waals surface area contributed by atoms with Crippen LogP contribution in [0, 0.1) is 17.3 Å². The van der Waals surface area contributed by atoms with Crippen LogP contribution in [0.1, 0.15) is 55.4 Å². The lowest BCUT2D eigenvalue weighted by Gasteiger charge is -2.30. The molecular weight excluding hydrogens is 226 g/mol. The van der Waals surface area contributed by atoms with Gasteiger partial charge in [0.15, 0.2) is 6.10 Å². The Labute approximate surface area is 112 Å². The van der Waals surface area contributed by atoms with Gasteiger partial charge in [-0.2, -0.15) is 0 Å². The second-order valence-corrected chi connectivity index (χ2v) is 6.14. The van der Waals surface area contributed by atoms with Crippen LogP contribution in [-0.2, 0) is 4.74 Å². The fourth-order valence-electron chi connectivity index (χ4n) is 1.58. The minimum Gasteiger partial charge on any atom is -0.433 e. The van der Waals surface area contributed by atoms with Crippen LogP contribution in [0.2, 0.25) is 0 Å². The maximum absolute atomic E-state index is 12.0. The molecule has 0 unspecified atom stereocenters. The Morgan fingerprint density at radius 1 is 1.06 bits per heavy atom. The summed E-state index contributed by atoms with van der Waals surface area (Å²) in [6.07, 6.45) is -0.674. The topological polar surface area (TPSA) is 29.5 Å². The average molecular weight is 253 g/mol. The van der Waals surface area contributed by atoms with Gasteiger partial charge in [-0.3, -0.25) is 0 Å². The molecule has 1 amide bonds. The van der Waals surface area contributed by atoms with Gasteiger partial charge in [-0.25, -0.2) is 4.79 Å². The number of carbonyl (C=O) groups is 1. The van der Waals surface area contributed by atoms with Gasteiger partial charge in [0.05, 0.1) is 0 Å². The largest absolute Gasteiger partial charge is 0.433 e. The molecule has 0 fully saturated rings. The third-order valence-electron chi connectivity index (χ3n) is 2.25. The number of amides is 1. The fourth-order valence-corrected chi connectivity index (χ4v) is 1.58. The van der Waals surface area contributed by atoms with E-state index in [0.29, 0.717) is 0 Å². The van der Waals surface area contributed by atoms with Gasteiger partial charge in [-0.05, 0) is 55.4 Å². The molecule has 0 aliphatic carbocycles. The van der Waals surface area contributed by atoms with Crippen molar-refractivity contribution in [3.63, 3.8) is 0 Å². The molecule has 0 aromatic carbocycles. The Balaban J connectivity index is 4.59. The summed E-state index contributed by atoms with van der Waals surface area (Å²) in [7, 11) is 0. The lowest BCUT2D eigenvalue weighted by Crippen LogP contribution is -2.43. The van der Waals surface area contributed by atoms with Gasteiger partial charge in [0.1, 0.15) is 0 Å². The van der Waals surface area contributed by atoms with Gasteiger partial charge >= 0.3 is 6.09 Å². The van der Waals surface area contributed by atoms with Crippen molar-refractivity contribution in [1.29, 1.82) is 0 Å². The molecule has 0 saturated carbocycles. The zero-order chi connectivity index (χ0) is 14.5. The van der Waals surface area contributed by atoms with Gasteiger partial charge in [0.2, 0.25) is 0 Å². The first kappa shape index (κ1) is 16.8. The Bertz CT molecular complexity index is 321. The Morgan fingerprint density at radius 2 is 1.50 bits per heavy atom. The van der Waals surface area contributed by atoms with E-state index in [9.17, 15) is 4.79 Å². The lowest BCUT2D eigenvalue weighted by atomic mass is 9.98. The quantitative estimate of drug-likeness (QED) is 0.718. The van der Waals surface area contributed by atoms with E-state index in [1.807, 2.05) is 48.5 Å². The Kier molecular flexibility index (Phi) is 6.25. The molecule has 0 aromatic heterocycles. The molecular formula is C15H27NO2. The number of carbonyl (C=O) groups excluding carboxylic acids is 1. The summed E-state index contributed by atoms with van der Waals surface area (Å²) >= 11 is 0. The molecule has 0 aliphatic rings. The summed E-state index contributed by atoms with van der Waals surface area (Å²) in [6, 6.07) is 0.251. The van der Waals surface area contributed by atoms with Crippen molar-refractivity contribution in [2.45, 2.75) is 73.6 Å². The van der Waals surface area contributed by atoms with Crippen LogP contribution in [0.4, 0.5) is 4.79 Å². The van der Waals surface area contributed by atoms with Crippen LogP contribution in [0.25, 0.3) is 0 Å². The second-order valence-electron chi connectivity index (χ2n) is 6.14. The summed E-state index contributed by atoms with van der Waals surface area (Å²) < 4.78 is 5.34. The number of hydrogen-bond donors (Lipinski definition) is 0. The van der Waals surface area contributed by atoms with Crippen molar-refractivity contribution >= 4 is 6.09 Å². The minimum absolute atomic E-state index is 0.0730. The van der Waals surface area contributed by atoms with E-state index in [2.05, 4.69) is 11.8 Å². The maximum Gasteiger partial charge on any atom is 0.411 e. The van der Waals surface area contributed by atoms with Crippen molar-refractivity contribution in [2.75, 3.05) is 0 Å². The first-order valence-corrected chi connectivity index (χ1v) is 6.56. The van der Waals surface area contributed by atoms with Crippen molar-refractivity contribution < 1.29 is 9.53 Å². The van der Waals surface area contributed by atoms with Crippen molar-refractivity contribution in [1.82, 2.24) is 4.90 Å². The minimum atomic E-state index is -0.378. The highest BCUT2D eigenvalue weighted by atomic mass is 16.6. The maximum atomic E-state index is 12.0. The standard InChI is InChI=1S/C15H27NO2/c1-11(2)16(12(3)4)14(17)18-13(5)9-10-15(6,7)8/h11-13H,1-8H3/t13-/m0/s1. The third kappa shape index (κ3) is 6.54. The normalized spacial score (nSPS) is 13.0. The molecule has 0 saturated heterocycles. The predicted molar refractivity (Wildman–Crippen MR) is 75.3 cm³/mol. The highest BCUT2D eigenvalue weighted by molar-refractivity contribution is 5.68. The smallest absolute Gasteiger partial charge is 0.411 e. The number of ether oxygens (including phenoxy) is 1. The van der Waals surface area contributed by atoms with Crippen LogP contribution in [0.3, 0.4) is 0 Å². The number of hydrogen-bond acceptors (Lipinski definition) is 2. The van der Waals surface area contributed by atoms with Crippen LogP contribution in [0.5, 0.6) is 0 Å². The van der Waals surface area contributed by atoms with Crippen LogP contribution in [0.15, 0.2) is 0 Å². The van der Waals surface area contributed by atoms with Crippen LogP contribution >= 0.6 is 0 Å². The molecule has 3 heteroatoms. The molecule has 0 aromatic rings. The SMILES string of the molecule is CC(C)N(C(=O)O[C@@H](C)C#CC(C)(C)C)C(C)C. The molecule has 0 N–H and O–H groups in total. The average Bonchev–Trinajstić information content (AvgIpc) is 2.11. The Hall–Kier alpha value is -1.17. The lowest BCUT2D eigenvalue weighted by molar-refractivity contribution is 0.0676. The summed E-state index contributed by atoms with van der Waals surface area (Å²) in [5.41, 5.74) is -0.0730. The van der Waals surface area contributed by atoms with E-state index in [1.165, 1.54) is 0 Å². The molecule has 18 heavy (non-hydrogen) atoms. The first-order valence-electron chi connectivity index (χ1n) is 6.56. The van der Waals surface area contributed by atoms with E-state index in [-0.39, 0.29) is 29.7 Å². The number of nitrogens with zero attached hydrogens (tertiary/aromatic N) is 1. The summed E-state index contributed by atoms with van der Waals surface area (Å²) in [4.78, 5) is 13.7. The van der Waals surface area contributed by atoms with E-state index < -0.39 is 0 Å². The molecule has 0 aliphatic heterocycles. The van der Waals surface area contributed by atoms with E-state index in [0.717, 1.165) is 0 Å². The number of rotatable bonds is 3.